The number of rotatable bonds is 16. The van der Waals surface area contributed by atoms with Gasteiger partial charge in [0.1, 0.15) is 11.5 Å². The van der Waals surface area contributed by atoms with E-state index in [0.717, 1.165) is 11.5 Å². The minimum Gasteiger partial charge on any atom is -0.541 e. The third-order valence-corrected chi connectivity index (χ3v) is 15.5. The molecule has 1 aromatic rings. The van der Waals surface area contributed by atoms with Crippen molar-refractivity contribution in [1.82, 2.24) is 0 Å². The van der Waals surface area contributed by atoms with Gasteiger partial charge in [-0.15, -0.1) is 0 Å². The Bertz CT molecular complexity index is 452. The fourth-order valence-corrected chi connectivity index (χ4v) is 13.7. The molecule has 0 radical (unpaired) electrons. The van der Waals surface area contributed by atoms with Crippen molar-refractivity contribution in [3.8, 4) is 11.5 Å². The van der Waals surface area contributed by atoms with Crippen molar-refractivity contribution in [2.24, 2.45) is 0 Å². The summed E-state index contributed by atoms with van der Waals surface area (Å²) in [6.45, 7) is 13.8. The van der Waals surface area contributed by atoms with Gasteiger partial charge in [-0.2, -0.15) is 0 Å². The molecule has 2 nitrogen and oxygen atoms in total. The molecule has 1 rings (SSSR count). The maximum absolute atomic E-state index is 6.97. The van der Waals surface area contributed by atoms with Gasteiger partial charge in [0.05, 0.1) is 0 Å². The Kier molecular flexibility index (Phi) is 12.2. The van der Waals surface area contributed by atoms with E-state index in [-0.39, 0.29) is 0 Å². The molecule has 162 valence electrons. The van der Waals surface area contributed by atoms with E-state index in [9.17, 15) is 0 Å². The molecule has 0 aliphatic carbocycles. The van der Waals surface area contributed by atoms with Crippen LogP contribution in [0.25, 0.3) is 0 Å². The summed E-state index contributed by atoms with van der Waals surface area (Å²) in [4.78, 5) is 0. The molecule has 28 heavy (non-hydrogen) atoms. The van der Waals surface area contributed by atoms with Gasteiger partial charge in [-0.25, -0.2) is 0 Å². The van der Waals surface area contributed by atoms with Crippen molar-refractivity contribution in [1.29, 1.82) is 0 Å². The summed E-state index contributed by atoms with van der Waals surface area (Å²) in [5.74, 6) is 2.06. The second-order valence-electron chi connectivity index (χ2n) is 8.52. The molecule has 4 heteroatoms. The van der Waals surface area contributed by atoms with Crippen LogP contribution in [0.3, 0.4) is 0 Å². The molecule has 0 aromatic heterocycles. The molecule has 0 saturated carbocycles. The van der Waals surface area contributed by atoms with Gasteiger partial charge < -0.3 is 8.85 Å². The van der Waals surface area contributed by atoms with E-state index < -0.39 is 16.6 Å². The number of hydrogen-bond donors (Lipinski definition) is 0. The minimum absolute atomic E-state index is 1.03. The molecule has 0 bridgehead atoms. The normalized spacial score (nSPS) is 12.2. The first-order chi connectivity index (χ1) is 13.5. The van der Waals surface area contributed by atoms with E-state index >= 15 is 0 Å². The van der Waals surface area contributed by atoms with Gasteiger partial charge in [-0.3, -0.25) is 0 Å². The SMILES string of the molecule is CCC[Si](CCC)(CCC)Oc1ccccc1O[Si](CCC)(CCC)CCC. The summed E-state index contributed by atoms with van der Waals surface area (Å²) in [7, 11) is -3.53. The number of para-hydroxylation sites is 2. The first-order valence-electron chi connectivity index (χ1n) is 12.0. The van der Waals surface area contributed by atoms with Gasteiger partial charge in [-0.05, 0) is 48.4 Å². The van der Waals surface area contributed by atoms with Crippen LogP contribution in [0.4, 0.5) is 0 Å². The van der Waals surface area contributed by atoms with Crippen molar-refractivity contribution in [2.75, 3.05) is 0 Å². The van der Waals surface area contributed by atoms with Crippen molar-refractivity contribution in [2.45, 2.75) is 116 Å². The summed E-state index contributed by atoms with van der Waals surface area (Å²) >= 11 is 0. The molecule has 0 spiro atoms. The molecule has 0 aliphatic heterocycles. The number of benzene rings is 1. The highest BCUT2D eigenvalue weighted by Gasteiger charge is 2.37. The van der Waals surface area contributed by atoms with Crippen LogP contribution >= 0.6 is 0 Å². The highest BCUT2D eigenvalue weighted by Crippen LogP contribution is 2.38. The van der Waals surface area contributed by atoms with E-state index in [1.165, 1.54) is 74.8 Å². The second-order valence-corrected chi connectivity index (χ2v) is 16.7. The average Bonchev–Trinajstić information content (AvgIpc) is 2.65. The van der Waals surface area contributed by atoms with E-state index in [1.54, 1.807) is 0 Å². The summed E-state index contributed by atoms with van der Waals surface area (Å²) < 4.78 is 13.9. The Morgan fingerprint density at radius 1 is 0.500 bits per heavy atom. The smallest absolute Gasteiger partial charge is 0.251 e. The zero-order valence-corrected chi connectivity index (χ0v) is 21.6. The van der Waals surface area contributed by atoms with Crippen LogP contribution in [-0.4, -0.2) is 16.6 Å². The maximum Gasteiger partial charge on any atom is 0.251 e. The topological polar surface area (TPSA) is 18.5 Å². The van der Waals surface area contributed by atoms with Crippen molar-refractivity contribution in [3.63, 3.8) is 0 Å². The monoisotopic (exact) mass is 422 g/mol. The van der Waals surface area contributed by atoms with E-state index in [0.29, 0.717) is 0 Å². The molecule has 0 atom stereocenters. The lowest BCUT2D eigenvalue weighted by Gasteiger charge is -2.36. The third kappa shape index (κ3) is 7.59. The molecule has 0 saturated heterocycles. The lowest BCUT2D eigenvalue weighted by atomic mass is 10.3. The van der Waals surface area contributed by atoms with Crippen LogP contribution < -0.4 is 8.85 Å². The van der Waals surface area contributed by atoms with Gasteiger partial charge in [0.2, 0.25) is 0 Å². The Morgan fingerprint density at radius 3 is 0.964 bits per heavy atom. The summed E-state index contributed by atoms with van der Waals surface area (Å²) in [6.07, 6.45) is 7.31. The zero-order chi connectivity index (χ0) is 20.9. The zero-order valence-electron chi connectivity index (χ0n) is 19.6. The Balaban J connectivity index is 3.22. The number of hydrogen-bond acceptors (Lipinski definition) is 2. The third-order valence-electron chi connectivity index (χ3n) is 5.74. The highest BCUT2D eigenvalue weighted by atomic mass is 28.4. The first kappa shape index (κ1) is 25.3. The molecule has 0 amide bonds. The van der Waals surface area contributed by atoms with Crippen LogP contribution in [0.5, 0.6) is 11.5 Å². The van der Waals surface area contributed by atoms with Crippen LogP contribution in [-0.2, 0) is 0 Å². The summed E-state index contributed by atoms with van der Waals surface area (Å²) in [5.41, 5.74) is 0. The lowest BCUT2D eigenvalue weighted by Crippen LogP contribution is -2.43. The molecule has 0 N–H and O–H groups in total. The van der Waals surface area contributed by atoms with Gasteiger partial charge in [0.15, 0.2) is 0 Å². The predicted molar refractivity (Wildman–Crippen MR) is 130 cm³/mol. The summed E-state index contributed by atoms with van der Waals surface area (Å²) in [6, 6.07) is 16.1. The highest BCUT2D eigenvalue weighted by molar-refractivity contribution is 6.75. The lowest BCUT2D eigenvalue weighted by molar-refractivity contribution is 0.458. The molecule has 1 aromatic carbocycles. The molecule has 0 heterocycles. The molecule has 0 aliphatic rings. The Morgan fingerprint density at radius 2 is 0.750 bits per heavy atom. The molecule has 0 fully saturated rings. The average molecular weight is 423 g/mol. The van der Waals surface area contributed by atoms with E-state index in [4.69, 9.17) is 8.85 Å². The summed E-state index contributed by atoms with van der Waals surface area (Å²) in [5, 5.41) is 0. The van der Waals surface area contributed by atoms with Crippen molar-refractivity contribution < 1.29 is 8.85 Å². The van der Waals surface area contributed by atoms with E-state index in [2.05, 4.69) is 65.8 Å². The van der Waals surface area contributed by atoms with Gasteiger partial charge >= 0.3 is 0 Å². The standard InChI is InChI=1S/C24H46O2Si2/c1-7-17-27(18-8-2,19-9-3)25-23-15-13-14-16-24(23)26-28(20-10-4,21-11-5)22-12-6/h13-16H,7-12,17-22H2,1-6H3. The molecular formula is C24H46O2Si2. The largest absolute Gasteiger partial charge is 0.541 e. The van der Waals surface area contributed by atoms with Crippen molar-refractivity contribution >= 4 is 16.6 Å². The Labute approximate surface area is 177 Å². The fourth-order valence-electron chi connectivity index (χ4n) is 4.88. The van der Waals surface area contributed by atoms with Crippen LogP contribution in [0.2, 0.25) is 36.3 Å². The fraction of sp³-hybridized carbons (Fsp3) is 0.750. The van der Waals surface area contributed by atoms with E-state index in [1.807, 2.05) is 0 Å². The molecule has 0 unspecified atom stereocenters. The van der Waals surface area contributed by atoms with Gasteiger partial charge in [0, 0.05) is 0 Å². The Hall–Kier alpha value is -0.746. The maximum atomic E-state index is 6.97. The van der Waals surface area contributed by atoms with Gasteiger partial charge in [-0.1, -0.05) is 92.2 Å². The van der Waals surface area contributed by atoms with Crippen LogP contribution in [0.1, 0.15) is 80.1 Å². The predicted octanol–water partition coefficient (Wildman–Crippen LogP) is 8.80. The van der Waals surface area contributed by atoms with Crippen LogP contribution in [0.15, 0.2) is 24.3 Å². The second kappa shape index (κ2) is 13.5. The molecular weight excluding hydrogens is 376 g/mol. The van der Waals surface area contributed by atoms with Gasteiger partial charge in [0.25, 0.3) is 16.6 Å². The minimum atomic E-state index is -1.76. The quantitative estimate of drug-likeness (QED) is 0.248. The van der Waals surface area contributed by atoms with Crippen LogP contribution in [0, 0.1) is 0 Å². The first-order valence-corrected chi connectivity index (χ1v) is 17.1. The van der Waals surface area contributed by atoms with Crippen molar-refractivity contribution in [3.05, 3.63) is 24.3 Å².